The van der Waals surface area contributed by atoms with Crippen molar-refractivity contribution in [3.05, 3.63) is 0 Å². The van der Waals surface area contributed by atoms with Crippen molar-refractivity contribution in [3.63, 3.8) is 0 Å². The Morgan fingerprint density at radius 2 is 1.87 bits per heavy atom. The first kappa shape index (κ1) is 12.4. The van der Waals surface area contributed by atoms with Gasteiger partial charge in [0.25, 0.3) is 0 Å². The molecule has 1 rings (SSSR count). The lowest BCUT2D eigenvalue weighted by atomic mass is 9.83. The molecule has 1 saturated carbocycles. The Hall–Kier alpha value is -0.690. The van der Waals surface area contributed by atoms with Crippen molar-refractivity contribution in [2.75, 3.05) is 7.11 Å². The zero-order valence-electron chi connectivity index (χ0n) is 8.64. The second-order valence-corrected chi connectivity index (χ2v) is 3.82. The van der Waals surface area contributed by atoms with E-state index in [1.807, 2.05) is 0 Å². The molecule has 1 aliphatic carbocycles. The fraction of sp³-hybridized carbons (Fsp3) is 0.889. The minimum atomic E-state index is -1.31. The summed E-state index contributed by atoms with van der Waals surface area (Å²) in [5.74, 6) is -1.37. The van der Waals surface area contributed by atoms with Crippen molar-refractivity contribution < 1.29 is 29.8 Å². The molecule has 0 spiro atoms. The average Bonchev–Trinajstić information content (AvgIpc) is 2.30. The normalized spacial score (nSPS) is 21.3. The highest BCUT2D eigenvalue weighted by Gasteiger charge is 2.39. The van der Waals surface area contributed by atoms with Crippen molar-refractivity contribution in [2.24, 2.45) is 5.92 Å². The summed E-state index contributed by atoms with van der Waals surface area (Å²) in [5.41, 5.74) is 0. The zero-order valence-corrected chi connectivity index (χ0v) is 8.64. The molecular formula is C9H16O6. The summed E-state index contributed by atoms with van der Waals surface area (Å²) in [6.07, 6.45) is 2.32. The van der Waals surface area contributed by atoms with Crippen molar-refractivity contribution in [3.8, 4) is 0 Å². The van der Waals surface area contributed by atoms with E-state index >= 15 is 0 Å². The van der Waals surface area contributed by atoms with E-state index in [4.69, 9.17) is 10.5 Å². The SMILES string of the molecule is COC(=O)CC1CCC(OO)(OO)CC1. The van der Waals surface area contributed by atoms with Crippen molar-refractivity contribution in [1.29, 1.82) is 0 Å². The van der Waals surface area contributed by atoms with Gasteiger partial charge in [0.15, 0.2) is 0 Å². The molecule has 0 heterocycles. The van der Waals surface area contributed by atoms with E-state index in [0.29, 0.717) is 32.1 Å². The number of esters is 1. The maximum absolute atomic E-state index is 11.0. The van der Waals surface area contributed by atoms with Crippen LogP contribution < -0.4 is 0 Å². The lowest BCUT2D eigenvalue weighted by Gasteiger charge is -2.33. The summed E-state index contributed by atoms with van der Waals surface area (Å²) >= 11 is 0. The van der Waals surface area contributed by atoms with E-state index in [0.717, 1.165) is 0 Å². The topological polar surface area (TPSA) is 85.2 Å². The zero-order chi connectivity index (χ0) is 11.3. The van der Waals surface area contributed by atoms with Gasteiger partial charge in [0.05, 0.1) is 7.11 Å². The highest BCUT2D eigenvalue weighted by atomic mass is 17.2. The molecule has 0 amide bonds. The van der Waals surface area contributed by atoms with Gasteiger partial charge in [0.1, 0.15) is 0 Å². The van der Waals surface area contributed by atoms with Crippen LogP contribution in [0.1, 0.15) is 32.1 Å². The monoisotopic (exact) mass is 220 g/mol. The molecule has 0 radical (unpaired) electrons. The molecule has 6 heteroatoms. The van der Waals surface area contributed by atoms with E-state index in [1.54, 1.807) is 0 Å². The van der Waals surface area contributed by atoms with Crippen LogP contribution in [0.25, 0.3) is 0 Å². The predicted molar refractivity (Wildman–Crippen MR) is 48.7 cm³/mol. The predicted octanol–water partition coefficient (Wildman–Crippen LogP) is 1.42. The Labute approximate surface area is 87.6 Å². The third-order valence-corrected chi connectivity index (χ3v) is 2.88. The Kier molecular flexibility index (Phi) is 4.46. The molecule has 0 saturated heterocycles. The number of ether oxygens (including phenoxy) is 1. The summed E-state index contributed by atoms with van der Waals surface area (Å²) in [5, 5.41) is 17.2. The molecule has 6 nitrogen and oxygen atoms in total. The second-order valence-electron chi connectivity index (χ2n) is 3.82. The molecule has 0 bridgehead atoms. The summed E-state index contributed by atoms with van der Waals surface area (Å²) in [4.78, 5) is 19.2. The molecule has 0 aromatic rings. The largest absolute Gasteiger partial charge is 0.469 e. The molecule has 0 atom stereocenters. The van der Waals surface area contributed by atoms with Gasteiger partial charge in [-0.2, -0.15) is 0 Å². The van der Waals surface area contributed by atoms with Gasteiger partial charge in [-0.1, -0.05) is 0 Å². The van der Waals surface area contributed by atoms with Crippen LogP contribution >= 0.6 is 0 Å². The minimum Gasteiger partial charge on any atom is -0.469 e. The lowest BCUT2D eigenvalue weighted by molar-refractivity contribution is -0.493. The van der Waals surface area contributed by atoms with Crippen LogP contribution in [0.5, 0.6) is 0 Å². The number of hydrogen-bond donors (Lipinski definition) is 2. The fourth-order valence-electron chi connectivity index (χ4n) is 1.84. The van der Waals surface area contributed by atoms with Crippen LogP contribution in [0.2, 0.25) is 0 Å². The number of methoxy groups -OCH3 is 1. The molecule has 1 aliphatic rings. The van der Waals surface area contributed by atoms with Crippen LogP contribution in [-0.4, -0.2) is 29.4 Å². The number of carbonyl (C=O) groups excluding carboxylic acids is 1. The molecule has 15 heavy (non-hydrogen) atoms. The first-order valence-corrected chi connectivity index (χ1v) is 4.88. The molecule has 0 unspecified atom stereocenters. The van der Waals surface area contributed by atoms with Gasteiger partial charge in [-0.3, -0.25) is 4.79 Å². The summed E-state index contributed by atoms with van der Waals surface area (Å²) in [6.45, 7) is 0. The Balaban J connectivity index is 2.38. The van der Waals surface area contributed by atoms with Crippen molar-refractivity contribution in [2.45, 2.75) is 37.9 Å². The van der Waals surface area contributed by atoms with Crippen LogP contribution in [0.4, 0.5) is 0 Å². The quantitative estimate of drug-likeness (QED) is 0.322. The third-order valence-electron chi connectivity index (χ3n) is 2.88. The molecule has 1 fully saturated rings. The fourth-order valence-corrected chi connectivity index (χ4v) is 1.84. The molecule has 88 valence electrons. The van der Waals surface area contributed by atoms with Crippen LogP contribution in [0.15, 0.2) is 0 Å². The highest BCUT2D eigenvalue weighted by molar-refractivity contribution is 5.69. The smallest absolute Gasteiger partial charge is 0.305 e. The standard InChI is InChI=1S/C9H16O6/c1-13-8(10)6-7-2-4-9(14-11,15-12)5-3-7/h7,11-12H,2-6H2,1H3. The molecule has 0 aliphatic heterocycles. The van der Waals surface area contributed by atoms with E-state index in [2.05, 4.69) is 14.5 Å². The number of hydrogen-bond acceptors (Lipinski definition) is 6. The highest BCUT2D eigenvalue weighted by Crippen LogP contribution is 2.36. The van der Waals surface area contributed by atoms with Crippen LogP contribution in [-0.2, 0) is 19.3 Å². The van der Waals surface area contributed by atoms with Crippen molar-refractivity contribution >= 4 is 5.97 Å². The van der Waals surface area contributed by atoms with E-state index < -0.39 is 5.79 Å². The first-order chi connectivity index (χ1) is 7.15. The minimum absolute atomic E-state index is 0.191. The summed E-state index contributed by atoms with van der Waals surface area (Å²) in [7, 11) is 1.35. The van der Waals surface area contributed by atoms with Gasteiger partial charge < -0.3 is 4.74 Å². The molecule has 0 aromatic carbocycles. The Morgan fingerprint density at radius 3 is 2.27 bits per heavy atom. The van der Waals surface area contributed by atoms with Crippen LogP contribution in [0.3, 0.4) is 0 Å². The summed E-state index contributed by atoms with van der Waals surface area (Å²) < 4.78 is 4.56. The maximum Gasteiger partial charge on any atom is 0.305 e. The van der Waals surface area contributed by atoms with Gasteiger partial charge in [-0.05, 0) is 18.8 Å². The van der Waals surface area contributed by atoms with Gasteiger partial charge >= 0.3 is 5.97 Å². The maximum atomic E-state index is 11.0. The molecule has 2 N–H and O–H groups in total. The Morgan fingerprint density at radius 1 is 1.33 bits per heavy atom. The van der Waals surface area contributed by atoms with Crippen LogP contribution in [0, 0.1) is 5.92 Å². The molecular weight excluding hydrogens is 204 g/mol. The first-order valence-electron chi connectivity index (χ1n) is 4.88. The van der Waals surface area contributed by atoms with Gasteiger partial charge in [-0.15, -0.1) is 0 Å². The third kappa shape index (κ3) is 3.13. The average molecular weight is 220 g/mol. The van der Waals surface area contributed by atoms with E-state index in [-0.39, 0.29) is 11.9 Å². The molecule has 0 aromatic heterocycles. The summed E-state index contributed by atoms with van der Waals surface area (Å²) in [6, 6.07) is 0. The second kappa shape index (κ2) is 5.41. The van der Waals surface area contributed by atoms with Gasteiger partial charge in [0, 0.05) is 19.3 Å². The lowest BCUT2D eigenvalue weighted by Crippen LogP contribution is -2.38. The number of rotatable bonds is 4. The van der Waals surface area contributed by atoms with E-state index in [1.165, 1.54) is 7.11 Å². The number of carbonyl (C=O) groups is 1. The van der Waals surface area contributed by atoms with Gasteiger partial charge in [-0.25, -0.2) is 20.3 Å². The van der Waals surface area contributed by atoms with Crippen molar-refractivity contribution in [1.82, 2.24) is 0 Å². The van der Waals surface area contributed by atoms with Gasteiger partial charge in [0.2, 0.25) is 5.79 Å². The van der Waals surface area contributed by atoms with E-state index in [9.17, 15) is 4.79 Å². The Bertz CT molecular complexity index is 203.